The highest BCUT2D eigenvalue weighted by molar-refractivity contribution is 6.11. The second kappa shape index (κ2) is 12.8. The lowest BCUT2D eigenvalue weighted by Crippen LogP contribution is -2.51. The van der Waals surface area contributed by atoms with E-state index in [4.69, 9.17) is 0 Å². The first kappa shape index (κ1) is 39.0. The molecule has 3 aromatic carbocycles. The summed E-state index contributed by atoms with van der Waals surface area (Å²) >= 11 is 0. The molecule has 3 aliphatic carbocycles. The summed E-state index contributed by atoms with van der Waals surface area (Å²) in [5.41, 5.74) is 16.8. The van der Waals surface area contributed by atoms with Crippen LogP contribution in [0.3, 0.4) is 0 Å². The number of nitrogens with one attached hydrogen (secondary N) is 1. The lowest BCUT2D eigenvalue weighted by molar-refractivity contribution is 0.248. The standard InChI is InChI=1S/C55H67N3/c1-51(2,3)33-15-23-47-39(27-33)40-28-34(52(4,5)6)16-24-48(40)57(47)37-19-21-45-43(31-37)55(13,14)44-32-38(20-22-46(44)56-45)58-49-25-17-35(53(7,8)9)29-41(49)42-30-36(54(10,11)12)18-26-50(42)58/h15-19,21-25,27-32,38,43,45,50,56H,20,26H2,1-14H3. The molecule has 0 bridgehead atoms. The van der Waals surface area contributed by atoms with Gasteiger partial charge >= 0.3 is 0 Å². The first-order chi connectivity index (χ1) is 27.0. The van der Waals surface area contributed by atoms with Crippen LogP contribution in [0.5, 0.6) is 0 Å². The van der Waals surface area contributed by atoms with Crippen molar-refractivity contribution < 1.29 is 0 Å². The third kappa shape index (κ3) is 6.20. The van der Waals surface area contributed by atoms with Gasteiger partial charge in [-0.2, -0.15) is 0 Å². The summed E-state index contributed by atoms with van der Waals surface area (Å²) in [6.07, 6.45) is 19.7. The minimum Gasteiger partial charge on any atom is -0.378 e. The zero-order valence-electron chi connectivity index (χ0n) is 37.9. The number of hydrogen-bond donors (Lipinski definition) is 1. The van der Waals surface area contributed by atoms with Crippen LogP contribution in [-0.4, -0.2) is 22.7 Å². The number of anilines is 1. The predicted molar refractivity (Wildman–Crippen MR) is 251 cm³/mol. The van der Waals surface area contributed by atoms with Gasteiger partial charge in [0, 0.05) is 44.8 Å². The molecule has 2 aliphatic heterocycles. The number of aromatic nitrogens is 1. The molecule has 1 N–H and O–H groups in total. The van der Waals surface area contributed by atoms with Crippen LogP contribution in [0.25, 0.3) is 33.1 Å². The number of rotatable bonds is 2. The average molecular weight is 770 g/mol. The largest absolute Gasteiger partial charge is 0.378 e. The third-order valence-electron chi connectivity index (χ3n) is 14.3. The zero-order chi connectivity index (χ0) is 41.5. The fourth-order valence-electron chi connectivity index (χ4n) is 10.6. The van der Waals surface area contributed by atoms with Crippen molar-refractivity contribution in [2.45, 2.75) is 144 Å². The Morgan fingerprint density at radius 1 is 0.655 bits per heavy atom. The summed E-state index contributed by atoms with van der Waals surface area (Å²) in [4.78, 5) is 2.78. The maximum atomic E-state index is 4.05. The van der Waals surface area contributed by atoms with Crippen LogP contribution >= 0.6 is 0 Å². The molecule has 3 heterocycles. The highest BCUT2D eigenvalue weighted by atomic mass is 15.2. The molecule has 1 saturated heterocycles. The molecule has 0 radical (unpaired) electrons. The summed E-state index contributed by atoms with van der Waals surface area (Å²) in [5, 5.41) is 6.73. The number of piperidine rings is 1. The van der Waals surface area contributed by atoms with E-state index in [0.717, 1.165) is 12.8 Å². The van der Waals surface area contributed by atoms with E-state index in [1.807, 2.05) is 0 Å². The minimum absolute atomic E-state index is 0.0729. The Morgan fingerprint density at radius 2 is 1.24 bits per heavy atom. The van der Waals surface area contributed by atoms with E-state index in [2.05, 4.69) is 209 Å². The van der Waals surface area contributed by atoms with Crippen molar-refractivity contribution in [3.05, 3.63) is 136 Å². The second-order valence-electron chi connectivity index (χ2n) is 22.8. The molecule has 1 fully saturated rings. The van der Waals surface area contributed by atoms with Crippen molar-refractivity contribution in [1.29, 1.82) is 0 Å². The molecule has 58 heavy (non-hydrogen) atoms. The molecule has 9 rings (SSSR count). The molecule has 5 aliphatic rings. The molecule has 0 amide bonds. The molecule has 4 unspecified atom stereocenters. The van der Waals surface area contributed by atoms with Gasteiger partial charge in [0.25, 0.3) is 0 Å². The fraction of sp³-hybridized carbons (Fsp3) is 0.455. The first-order valence-electron chi connectivity index (χ1n) is 22.1. The smallest absolute Gasteiger partial charge is 0.0590 e. The molecule has 0 spiro atoms. The molecular formula is C55H67N3. The van der Waals surface area contributed by atoms with Crippen LogP contribution in [0.1, 0.15) is 132 Å². The predicted octanol–water partition coefficient (Wildman–Crippen LogP) is 13.9. The summed E-state index contributed by atoms with van der Waals surface area (Å²) in [6, 6.07) is 22.6. The molecule has 4 aromatic rings. The number of hydrogen-bond acceptors (Lipinski definition) is 2. The fourth-order valence-corrected chi connectivity index (χ4v) is 10.6. The van der Waals surface area contributed by atoms with Gasteiger partial charge in [0.15, 0.2) is 0 Å². The topological polar surface area (TPSA) is 20.2 Å². The van der Waals surface area contributed by atoms with Crippen LogP contribution in [0.4, 0.5) is 5.69 Å². The lowest BCUT2D eigenvalue weighted by atomic mass is 9.63. The Kier molecular flexibility index (Phi) is 8.57. The Balaban J connectivity index is 1.12. The molecule has 0 saturated carbocycles. The van der Waals surface area contributed by atoms with Crippen LogP contribution in [0, 0.1) is 16.7 Å². The van der Waals surface area contributed by atoms with Gasteiger partial charge in [0.1, 0.15) is 0 Å². The number of allylic oxidation sites excluding steroid dienone is 5. The van der Waals surface area contributed by atoms with Gasteiger partial charge in [-0.1, -0.05) is 152 Å². The SMILES string of the molecule is CC(C)(C)C1=CCC2C(=C1)c1cc(C(C)(C)C)ccc1N2C1C=C2C(=CC1)NC1C=CC(n3c4ccc(C(C)(C)C)cc4c4cc(C(C)(C)C)ccc43)=CC1C2(C)C. The van der Waals surface area contributed by atoms with Crippen molar-refractivity contribution in [2.75, 3.05) is 4.90 Å². The molecular weight excluding hydrogens is 703 g/mol. The summed E-state index contributed by atoms with van der Waals surface area (Å²) < 4.78 is 2.54. The Hall–Kier alpha value is -4.50. The van der Waals surface area contributed by atoms with E-state index in [1.54, 1.807) is 0 Å². The van der Waals surface area contributed by atoms with Crippen molar-refractivity contribution in [1.82, 2.24) is 9.88 Å². The van der Waals surface area contributed by atoms with Crippen LogP contribution in [0.15, 0.2) is 114 Å². The summed E-state index contributed by atoms with van der Waals surface area (Å²) in [7, 11) is 0. The van der Waals surface area contributed by atoms with Crippen LogP contribution in [0.2, 0.25) is 0 Å². The third-order valence-corrected chi connectivity index (χ3v) is 14.3. The first-order valence-corrected chi connectivity index (χ1v) is 22.1. The van der Waals surface area contributed by atoms with Gasteiger partial charge in [0.2, 0.25) is 0 Å². The molecule has 302 valence electrons. The van der Waals surface area contributed by atoms with Crippen molar-refractivity contribution in [3.8, 4) is 0 Å². The highest BCUT2D eigenvalue weighted by Gasteiger charge is 2.47. The number of benzene rings is 3. The minimum atomic E-state index is -0.0861. The van der Waals surface area contributed by atoms with E-state index in [1.165, 1.54) is 77.9 Å². The maximum absolute atomic E-state index is 4.05. The van der Waals surface area contributed by atoms with Gasteiger partial charge < -0.3 is 14.8 Å². The van der Waals surface area contributed by atoms with E-state index in [9.17, 15) is 0 Å². The lowest BCUT2D eigenvalue weighted by Gasteiger charge is -2.49. The van der Waals surface area contributed by atoms with Gasteiger partial charge in [-0.15, -0.1) is 0 Å². The van der Waals surface area contributed by atoms with Gasteiger partial charge in [-0.3, -0.25) is 0 Å². The van der Waals surface area contributed by atoms with E-state index in [0.29, 0.717) is 6.04 Å². The molecule has 3 nitrogen and oxygen atoms in total. The molecule has 4 atom stereocenters. The van der Waals surface area contributed by atoms with Crippen molar-refractivity contribution in [2.24, 2.45) is 16.7 Å². The highest BCUT2D eigenvalue weighted by Crippen LogP contribution is 2.53. The summed E-state index contributed by atoms with van der Waals surface area (Å²) in [6.45, 7) is 33.0. The quantitative estimate of drug-likeness (QED) is 0.219. The normalized spacial score (nSPS) is 24.2. The maximum Gasteiger partial charge on any atom is 0.0590 e. The average Bonchev–Trinajstić information content (AvgIpc) is 3.65. The van der Waals surface area contributed by atoms with Gasteiger partial charge in [-0.25, -0.2) is 0 Å². The summed E-state index contributed by atoms with van der Waals surface area (Å²) in [5.74, 6) is 0.285. The van der Waals surface area contributed by atoms with E-state index >= 15 is 0 Å². The van der Waals surface area contributed by atoms with Crippen molar-refractivity contribution >= 4 is 38.8 Å². The Morgan fingerprint density at radius 3 is 1.83 bits per heavy atom. The number of fused-ring (bicyclic) bond motifs is 8. The number of nitrogens with zero attached hydrogens (tertiary/aromatic N) is 2. The van der Waals surface area contributed by atoms with Gasteiger partial charge in [-0.05, 0) is 110 Å². The van der Waals surface area contributed by atoms with Crippen LogP contribution in [-0.2, 0) is 16.2 Å². The second-order valence-corrected chi connectivity index (χ2v) is 22.8. The van der Waals surface area contributed by atoms with Gasteiger partial charge in [0.05, 0.1) is 29.2 Å². The van der Waals surface area contributed by atoms with E-state index < -0.39 is 0 Å². The Labute approximate surface area is 349 Å². The monoisotopic (exact) mass is 770 g/mol. The van der Waals surface area contributed by atoms with Crippen molar-refractivity contribution in [3.63, 3.8) is 0 Å². The van der Waals surface area contributed by atoms with Crippen LogP contribution < -0.4 is 10.2 Å². The zero-order valence-corrected chi connectivity index (χ0v) is 37.9. The molecule has 1 aromatic heterocycles. The van der Waals surface area contributed by atoms with E-state index in [-0.39, 0.29) is 45.1 Å². The molecule has 3 heteroatoms. The Bertz CT molecular complexity index is 2490.